The third-order valence-electron chi connectivity index (χ3n) is 3.96. The summed E-state index contributed by atoms with van der Waals surface area (Å²) in [6.45, 7) is 2.05. The van der Waals surface area contributed by atoms with E-state index < -0.39 is 0 Å². The molecule has 0 bridgehead atoms. The van der Waals surface area contributed by atoms with Gasteiger partial charge in [-0.1, -0.05) is 13.3 Å². The number of aromatic hydroxyl groups is 1. The molecule has 126 valence electrons. The van der Waals surface area contributed by atoms with Crippen molar-refractivity contribution in [1.82, 2.24) is 9.55 Å². The van der Waals surface area contributed by atoms with E-state index >= 15 is 0 Å². The molecule has 1 aromatic carbocycles. The average Bonchev–Trinajstić information content (AvgIpc) is 2.99. The van der Waals surface area contributed by atoms with Gasteiger partial charge in [0, 0.05) is 4.88 Å². The first-order valence-electron chi connectivity index (χ1n) is 8.06. The molecule has 0 aliphatic heterocycles. The van der Waals surface area contributed by atoms with Gasteiger partial charge in [0.25, 0.3) is 5.56 Å². The second kappa shape index (κ2) is 7.15. The lowest BCUT2D eigenvalue weighted by Gasteiger charge is -2.06. The Bertz CT molecular complexity index is 883. The predicted octanol–water partition coefficient (Wildman–Crippen LogP) is 3.25. The Hall–Kier alpha value is -2.18. The van der Waals surface area contributed by atoms with Gasteiger partial charge in [-0.05, 0) is 49.6 Å². The van der Waals surface area contributed by atoms with E-state index in [1.807, 2.05) is 6.07 Å². The van der Waals surface area contributed by atoms with Gasteiger partial charge in [-0.15, -0.1) is 11.3 Å². The molecular formula is C18H20N2O3S. The Morgan fingerprint density at radius 1 is 1.25 bits per heavy atom. The summed E-state index contributed by atoms with van der Waals surface area (Å²) in [5.74, 6) is 0.157. The molecular weight excluding hydrogens is 324 g/mol. The first-order valence-corrected chi connectivity index (χ1v) is 8.87. The quantitative estimate of drug-likeness (QED) is 0.720. The van der Waals surface area contributed by atoms with Crippen molar-refractivity contribution in [2.75, 3.05) is 0 Å². The largest absolute Gasteiger partial charge is 0.508 e. The number of phenolic OH excluding ortho intramolecular Hbond substituents is 1. The van der Waals surface area contributed by atoms with Crippen LogP contribution < -0.4 is 5.56 Å². The fourth-order valence-corrected chi connectivity index (χ4v) is 3.72. The number of aromatic nitrogens is 2. The fraction of sp³-hybridized carbons (Fsp3) is 0.333. The summed E-state index contributed by atoms with van der Waals surface area (Å²) in [4.78, 5) is 18.1. The predicted molar refractivity (Wildman–Crippen MR) is 96.1 cm³/mol. The molecule has 5 nitrogen and oxygen atoms in total. The highest BCUT2D eigenvalue weighted by molar-refractivity contribution is 7.18. The smallest absolute Gasteiger partial charge is 0.275 e. The van der Waals surface area contributed by atoms with Gasteiger partial charge in [-0.3, -0.25) is 9.36 Å². The van der Waals surface area contributed by atoms with Gasteiger partial charge in [0.15, 0.2) is 0 Å². The van der Waals surface area contributed by atoms with Crippen LogP contribution in [0.15, 0.2) is 41.5 Å². The van der Waals surface area contributed by atoms with Crippen LogP contribution in [-0.4, -0.2) is 25.9 Å². The second-order valence-corrected chi connectivity index (χ2v) is 6.98. The Labute approximate surface area is 143 Å². The van der Waals surface area contributed by atoms with Crippen LogP contribution >= 0.6 is 11.3 Å². The molecule has 0 amide bonds. The zero-order valence-corrected chi connectivity index (χ0v) is 14.3. The molecule has 0 spiro atoms. The summed E-state index contributed by atoms with van der Waals surface area (Å²) < 4.78 is 2.10. The van der Waals surface area contributed by atoms with Gasteiger partial charge in [0.1, 0.15) is 16.8 Å². The molecule has 1 unspecified atom stereocenters. The summed E-state index contributed by atoms with van der Waals surface area (Å²) in [5.41, 5.74) is 1.25. The minimum Gasteiger partial charge on any atom is -0.508 e. The number of aryl methyl sites for hydroxylation is 1. The van der Waals surface area contributed by atoms with Crippen molar-refractivity contribution >= 4 is 21.6 Å². The average molecular weight is 344 g/mol. The number of hydrogen-bond acceptors (Lipinski definition) is 5. The SMILES string of the molecule is CCCC(O)CCc1cc2ncn(-c3ccc(O)cc3)c(=O)c2s1. The number of fused-ring (bicyclic) bond motifs is 1. The summed E-state index contributed by atoms with van der Waals surface area (Å²) in [5, 5.41) is 19.2. The first-order chi connectivity index (χ1) is 11.6. The lowest BCUT2D eigenvalue weighted by Crippen LogP contribution is -2.17. The number of hydrogen-bond donors (Lipinski definition) is 2. The van der Waals surface area contributed by atoms with Gasteiger partial charge < -0.3 is 10.2 Å². The zero-order valence-electron chi connectivity index (χ0n) is 13.5. The van der Waals surface area contributed by atoms with E-state index in [1.54, 1.807) is 24.3 Å². The third kappa shape index (κ3) is 3.49. The number of nitrogens with zero attached hydrogens (tertiary/aromatic N) is 2. The number of aliphatic hydroxyl groups is 1. The molecule has 0 fully saturated rings. The van der Waals surface area contributed by atoms with Crippen molar-refractivity contribution in [2.45, 2.75) is 38.7 Å². The van der Waals surface area contributed by atoms with Crippen LogP contribution in [0.1, 0.15) is 31.1 Å². The highest BCUT2D eigenvalue weighted by Gasteiger charge is 2.11. The Morgan fingerprint density at radius 2 is 2.00 bits per heavy atom. The number of aliphatic hydroxyl groups excluding tert-OH is 1. The van der Waals surface area contributed by atoms with Crippen LogP contribution in [0.4, 0.5) is 0 Å². The minimum absolute atomic E-state index is 0.115. The van der Waals surface area contributed by atoms with E-state index in [0.717, 1.165) is 24.1 Å². The minimum atomic E-state index is -0.290. The highest BCUT2D eigenvalue weighted by Crippen LogP contribution is 2.23. The lowest BCUT2D eigenvalue weighted by molar-refractivity contribution is 0.154. The van der Waals surface area contributed by atoms with E-state index in [0.29, 0.717) is 22.3 Å². The van der Waals surface area contributed by atoms with E-state index in [9.17, 15) is 15.0 Å². The standard InChI is InChI=1S/C18H20N2O3S/c1-2-3-13(21)8-9-15-10-16-17(24-15)18(23)20(11-19-16)12-4-6-14(22)7-5-12/h4-7,10-11,13,21-22H,2-3,8-9H2,1H3. The molecule has 0 aliphatic carbocycles. The Kier molecular flexibility index (Phi) is 4.97. The van der Waals surface area contributed by atoms with E-state index in [2.05, 4.69) is 11.9 Å². The monoisotopic (exact) mass is 344 g/mol. The fourth-order valence-electron chi connectivity index (χ4n) is 2.67. The molecule has 2 heterocycles. The van der Waals surface area contributed by atoms with Gasteiger partial charge >= 0.3 is 0 Å². The van der Waals surface area contributed by atoms with Gasteiger partial charge in [0.2, 0.25) is 0 Å². The van der Waals surface area contributed by atoms with Gasteiger partial charge in [0.05, 0.1) is 17.3 Å². The van der Waals surface area contributed by atoms with E-state index in [-0.39, 0.29) is 17.4 Å². The number of thiophene rings is 1. The van der Waals surface area contributed by atoms with Gasteiger partial charge in [-0.2, -0.15) is 0 Å². The zero-order chi connectivity index (χ0) is 17.1. The molecule has 0 aliphatic rings. The summed E-state index contributed by atoms with van der Waals surface area (Å²) >= 11 is 1.44. The van der Waals surface area contributed by atoms with Crippen LogP contribution in [0.2, 0.25) is 0 Å². The molecule has 1 atom stereocenters. The van der Waals surface area contributed by atoms with Crippen LogP contribution in [0.3, 0.4) is 0 Å². The molecule has 2 aromatic heterocycles. The number of rotatable bonds is 6. The van der Waals surface area contributed by atoms with Gasteiger partial charge in [-0.25, -0.2) is 4.98 Å². The normalized spacial score (nSPS) is 12.6. The second-order valence-electron chi connectivity index (χ2n) is 5.84. The Balaban J connectivity index is 1.89. The molecule has 2 N–H and O–H groups in total. The topological polar surface area (TPSA) is 75.3 Å². The van der Waals surface area contributed by atoms with Crippen molar-refractivity contribution in [3.8, 4) is 11.4 Å². The molecule has 3 aromatic rings. The first kappa shape index (κ1) is 16.7. The van der Waals surface area contributed by atoms with E-state index in [1.165, 1.54) is 22.2 Å². The van der Waals surface area contributed by atoms with Crippen molar-refractivity contribution in [3.05, 3.63) is 51.9 Å². The number of phenols is 1. The summed E-state index contributed by atoms with van der Waals surface area (Å²) in [6, 6.07) is 8.38. The molecule has 24 heavy (non-hydrogen) atoms. The van der Waals surface area contributed by atoms with Crippen LogP contribution in [0, 0.1) is 0 Å². The van der Waals surface area contributed by atoms with Crippen LogP contribution in [0.25, 0.3) is 15.9 Å². The maximum atomic E-state index is 12.7. The lowest BCUT2D eigenvalue weighted by atomic mass is 10.1. The van der Waals surface area contributed by atoms with Crippen LogP contribution in [-0.2, 0) is 6.42 Å². The number of benzene rings is 1. The molecule has 0 saturated heterocycles. The van der Waals surface area contributed by atoms with Crippen molar-refractivity contribution in [2.24, 2.45) is 0 Å². The van der Waals surface area contributed by atoms with E-state index in [4.69, 9.17) is 0 Å². The van der Waals surface area contributed by atoms with Crippen LogP contribution in [0.5, 0.6) is 5.75 Å². The molecule has 3 rings (SSSR count). The maximum absolute atomic E-state index is 12.7. The third-order valence-corrected chi connectivity index (χ3v) is 5.13. The summed E-state index contributed by atoms with van der Waals surface area (Å²) in [6.07, 6.45) is 4.44. The highest BCUT2D eigenvalue weighted by atomic mass is 32.1. The van der Waals surface area contributed by atoms with Crippen molar-refractivity contribution in [3.63, 3.8) is 0 Å². The maximum Gasteiger partial charge on any atom is 0.275 e. The molecule has 0 saturated carbocycles. The summed E-state index contributed by atoms with van der Waals surface area (Å²) in [7, 11) is 0. The van der Waals surface area contributed by atoms with Crippen molar-refractivity contribution < 1.29 is 10.2 Å². The molecule has 6 heteroatoms. The molecule has 0 radical (unpaired) electrons. The van der Waals surface area contributed by atoms with Crippen molar-refractivity contribution in [1.29, 1.82) is 0 Å². The Morgan fingerprint density at radius 3 is 2.71 bits per heavy atom.